The predicted octanol–water partition coefficient (Wildman–Crippen LogP) is 1.13. The van der Waals surface area contributed by atoms with Crippen molar-refractivity contribution in [3.05, 3.63) is 29.0 Å². The van der Waals surface area contributed by atoms with Crippen LogP contribution in [-0.4, -0.2) is 44.4 Å². The molecular formula is C11H15ClN2O3. The van der Waals surface area contributed by atoms with E-state index in [0.29, 0.717) is 23.9 Å². The Morgan fingerprint density at radius 1 is 1.53 bits per heavy atom. The molecule has 0 saturated heterocycles. The van der Waals surface area contributed by atoms with Gasteiger partial charge in [-0.25, -0.2) is 4.98 Å². The lowest BCUT2D eigenvalue weighted by Gasteiger charge is -2.14. The lowest BCUT2D eigenvalue weighted by molar-refractivity contribution is 0.0285. The van der Waals surface area contributed by atoms with Crippen LogP contribution < -0.4 is 5.32 Å². The number of nitrogens with zero attached hydrogens (tertiary/aromatic N) is 1. The van der Waals surface area contributed by atoms with Crippen molar-refractivity contribution in [1.29, 1.82) is 0 Å². The molecule has 1 atom stereocenters. The Balaban J connectivity index is 2.46. The molecule has 0 fully saturated rings. The van der Waals surface area contributed by atoms with E-state index in [-0.39, 0.29) is 12.0 Å². The van der Waals surface area contributed by atoms with Crippen LogP contribution in [-0.2, 0) is 9.47 Å². The molecule has 1 rings (SSSR count). The summed E-state index contributed by atoms with van der Waals surface area (Å²) < 4.78 is 10.1. The number of nitrogens with one attached hydrogen (secondary N) is 1. The Hall–Kier alpha value is -1.17. The fourth-order valence-electron chi connectivity index (χ4n) is 1.21. The fourth-order valence-corrected chi connectivity index (χ4v) is 1.33. The van der Waals surface area contributed by atoms with Gasteiger partial charge in [-0.2, -0.15) is 0 Å². The smallest absolute Gasteiger partial charge is 0.252 e. The number of amides is 1. The van der Waals surface area contributed by atoms with Gasteiger partial charge in [0.15, 0.2) is 0 Å². The number of methoxy groups -OCH3 is 2. The van der Waals surface area contributed by atoms with E-state index in [9.17, 15) is 4.79 Å². The monoisotopic (exact) mass is 258 g/mol. The van der Waals surface area contributed by atoms with E-state index in [0.717, 1.165) is 0 Å². The second-order valence-electron chi connectivity index (χ2n) is 3.39. The van der Waals surface area contributed by atoms with E-state index < -0.39 is 0 Å². The van der Waals surface area contributed by atoms with Crippen molar-refractivity contribution < 1.29 is 14.3 Å². The van der Waals surface area contributed by atoms with Gasteiger partial charge >= 0.3 is 0 Å². The van der Waals surface area contributed by atoms with Crippen LogP contribution in [0.1, 0.15) is 10.4 Å². The Morgan fingerprint density at radius 3 is 2.82 bits per heavy atom. The van der Waals surface area contributed by atoms with E-state index in [1.807, 2.05) is 0 Å². The van der Waals surface area contributed by atoms with E-state index in [1.54, 1.807) is 26.4 Å². The summed E-state index contributed by atoms with van der Waals surface area (Å²) in [5.41, 5.74) is 0.460. The number of halogens is 1. The van der Waals surface area contributed by atoms with Crippen molar-refractivity contribution in [3.8, 4) is 0 Å². The summed E-state index contributed by atoms with van der Waals surface area (Å²) in [4.78, 5) is 15.5. The molecule has 1 heterocycles. The first-order valence-electron chi connectivity index (χ1n) is 5.09. The Labute approximate surface area is 105 Å². The highest BCUT2D eigenvalue weighted by Gasteiger charge is 2.10. The van der Waals surface area contributed by atoms with Gasteiger partial charge in [0.25, 0.3) is 5.91 Å². The standard InChI is InChI=1S/C11H15ClN2O3/c1-16-7-9(17-2)6-14-11(15)8-3-4-10(12)13-5-8/h3-5,9H,6-7H2,1-2H3,(H,14,15). The summed E-state index contributed by atoms with van der Waals surface area (Å²) in [5.74, 6) is -0.215. The number of ether oxygens (including phenoxy) is 2. The van der Waals surface area contributed by atoms with Crippen LogP contribution in [0.3, 0.4) is 0 Å². The SMILES string of the molecule is COCC(CNC(=O)c1ccc(Cl)nc1)OC. The average Bonchev–Trinajstić information content (AvgIpc) is 2.35. The van der Waals surface area contributed by atoms with Gasteiger partial charge in [0.05, 0.1) is 18.3 Å². The van der Waals surface area contributed by atoms with Gasteiger partial charge < -0.3 is 14.8 Å². The summed E-state index contributed by atoms with van der Waals surface area (Å²) in [6.07, 6.45) is 1.26. The molecule has 0 aliphatic heterocycles. The highest BCUT2D eigenvalue weighted by atomic mass is 35.5. The van der Waals surface area contributed by atoms with E-state index >= 15 is 0 Å². The molecule has 0 aromatic carbocycles. The minimum absolute atomic E-state index is 0.163. The van der Waals surface area contributed by atoms with Crippen molar-refractivity contribution in [1.82, 2.24) is 10.3 Å². The molecule has 1 amide bonds. The average molecular weight is 259 g/mol. The largest absolute Gasteiger partial charge is 0.382 e. The van der Waals surface area contributed by atoms with Crippen LogP contribution in [0.2, 0.25) is 5.15 Å². The number of aromatic nitrogens is 1. The van der Waals surface area contributed by atoms with Crippen LogP contribution in [0.4, 0.5) is 0 Å². The second kappa shape index (κ2) is 7.21. The summed E-state index contributed by atoms with van der Waals surface area (Å²) >= 11 is 5.63. The highest BCUT2D eigenvalue weighted by molar-refractivity contribution is 6.29. The van der Waals surface area contributed by atoms with Gasteiger partial charge in [-0.15, -0.1) is 0 Å². The summed E-state index contributed by atoms with van der Waals surface area (Å²) in [6.45, 7) is 0.807. The third-order valence-corrected chi connectivity index (χ3v) is 2.39. The molecule has 0 spiro atoms. The molecule has 6 heteroatoms. The zero-order valence-electron chi connectivity index (χ0n) is 9.77. The molecule has 0 saturated carbocycles. The Bertz CT molecular complexity index is 356. The van der Waals surface area contributed by atoms with Crippen molar-refractivity contribution in [2.75, 3.05) is 27.4 Å². The number of hydrogen-bond acceptors (Lipinski definition) is 4. The molecule has 5 nitrogen and oxygen atoms in total. The summed E-state index contributed by atoms with van der Waals surface area (Å²) in [6, 6.07) is 3.18. The lowest BCUT2D eigenvalue weighted by atomic mass is 10.2. The number of carbonyl (C=O) groups excluding carboxylic acids is 1. The number of pyridine rings is 1. The molecule has 0 radical (unpaired) electrons. The molecule has 1 aromatic heterocycles. The normalized spacial score (nSPS) is 12.2. The molecule has 0 aliphatic carbocycles. The molecule has 94 valence electrons. The van der Waals surface area contributed by atoms with Crippen LogP contribution in [0.5, 0.6) is 0 Å². The van der Waals surface area contributed by atoms with Crippen LogP contribution in [0.25, 0.3) is 0 Å². The maximum Gasteiger partial charge on any atom is 0.252 e. The van der Waals surface area contributed by atoms with Gasteiger partial charge in [0.2, 0.25) is 0 Å². The van der Waals surface area contributed by atoms with Crippen LogP contribution in [0.15, 0.2) is 18.3 Å². The molecular weight excluding hydrogens is 244 g/mol. The molecule has 1 unspecified atom stereocenters. The number of carbonyl (C=O) groups is 1. The predicted molar refractivity (Wildman–Crippen MR) is 64.3 cm³/mol. The molecule has 17 heavy (non-hydrogen) atoms. The van der Waals surface area contributed by atoms with Gasteiger partial charge in [-0.1, -0.05) is 11.6 Å². The molecule has 1 aromatic rings. The van der Waals surface area contributed by atoms with E-state index in [1.165, 1.54) is 6.20 Å². The van der Waals surface area contributed by atoms with Crippen molar-refractivity contribution in [3.63, 3.8) is 0 Å². The topological polar surface area (TPSA) is 60.5 Å². The third-order valence-electron chi connectivity index (χ3n) is 2.17. The van der Waals surface area contributed by atoms with Gasteiger partial charge in [0.1, 0.15) is 5.15 Å². The molecule has 0 bridgehead atoms. The minimum Gasteiger partial charge on any atom is -0.382 e. The summed E-state index contributed by atoms with van der Waals surface area (Å²) in [7, 11) is 3.15. The first-order valence-corrected chi connectivity index (χ1v) is 5.46. The van der Waals surface area contributed by atoms with Crippen LogP contribution >= 0.6 is 11.6 Å². The van der Waals surface area contributed by atoms with Gasteiger partial charge in [0, 0.05) is 27.0 Å². The van der Waals surface area contributed by atoms with E-state index in [4.69, 9.17) is 21.1 Å². The van der Waals surface area contributed by atoms with Crippen LogP contribution in [0, 0.1) is 0 Å². The van der Waals surface area contributed by atoms with Crippen molar-refractivity contribution >= 4 is 17.5 Å². The zero-order valence-corrected chi connectivity index (χ0v) is 10.5. The lowest BCUT2D eigenvalue weighted by Crippen LogP contribution is -2.35. The number of rotatable bonds is 6. The number of hydrogen-bond donors (Lipinski definition) is 1. The minimum atomic E-state index is -0.215. The maximum atomic E-state index is 11.7. The second-order valence-corrected chi connectivity index (χ2v) is 3.78. The summed E-state index contributed by atoms with van der Waals surface area (Å²) in [5, 5.41) is 3.08. The first-order chi connectivity index (χ1) is 8.17. The van der Waals surface area contributed by atoms with Gasteiger partial charge in [-0.3, -0.25) is 4.79 Å². The van der Waals surface area contributed by atoms with E-state index in [2.05, 4.69) is 10.3 Å². The first kappa shape index (κ1) is 13.9. The van der Waals surface area contributed by atoms with Gasteiger partial charge in [-0.05, 0) is 12.1 Å². The quantitative estimate of drug-likeness (QED) is 0.777. The Kier molecular flexibility index (Phi) is 5.90. The van der Waals surface area contributed by atoms with Crippen molar-refractivity contribution in [2.24, 2.45) is 0 Å². The molecule has 0 aliphatic rings. The third kappa shape index (κ3) is 4.68. The maximum absolute atomic E-state index is 11.7. The zero-order chi connectivity index (χ0) is 12.7. The molecule has 1 N–H and O–H groups in total. The Morgan fingerprint density at radius 2 is 2.29 bits per heavy atom. The van der Waals surface area contributed by atoms with Crippen molar-refractivity contribution in [2.45, 2.75) is 6.10 Å². The highest BCUT2D eigenvalue weighted by Crippen LogP contribution is 2.05. The fraction of sp³-hybridized carbons (Fsp3) is 0.455.